The molecule has 0 aromatic rings. The molecule has 12 heteroatoms. The molecule has 0 saturated heterocycles. The van der Waals surface area contributed by atoms with Gasteiger partial charge < -0.3 is 36.4 Å². The first-order valence-corrected chi connectivity index (χ1v) is 11.5. The Labute approximate surface area is 171 Å². The van der Waals surface area contributed by atoms with Crippen LogP contribution in [0.15, 0.2) is 0 Å². The Bertz CT molecular complexity index is 464. The van der Waals surface area contributed by atoms with Crippen LogP contribution in [-0.4, -0.2) is 73.2 Å². The Morgan fingerprint density at radius 1 is 0.897 bits per heavy atom. The fraction of sp³-hybridized carbons (Fsp3) is 0.941. The molecule has 0 radical (unpaired) electrons. The Hall–Kier alpha value is -0.620. The molecule has 2 aliphatic rings. The average Bonchev–Trinajstić information content (AvgIpc) is 2.67. The fourth-order valence-electron chi connectivity index (χ4n) is 2.90. The second-order valence-corrected chi connectivity index (χ2v) is 8.55. The average molecular weight is 444 g/mol. The number of phosphoric ester groups is 1. The van der Waals surface area contributed by atoms with Gasteiger partial charge in [0.05, 0.1) is 6.61 Å². The zero-order valence-electron chi connectivity index (χ0n) is 16.7. The van der Waals surface area contributed by atoms with Crippen LogP contribution in [0.1, 0.15) is 64.2 Å². The molecule has 0 aromatic carbocycles. The fourth-order valence-corrected chi connectivity index (χ4v) is 3.24. The van der Waals surface area contributed by atoms with Crippen LogP contribution in [0.5, 0.6) is 0 Å². The first-order valence-electron chi connectivity index (χ1n) is 9.93. The molecule has 0 aromatic heterocycles. The first-order chi connectivity index (χ1) is 13.5. The van der Waals surface area contributed by atoms with Gasteiger partial charge in [0, 0.05) is 12.1 Å². The van der Waals surface area contributed by atoms with Gasteiger partial charge in [-0.05, 0) is 25.7 Å². The molecule has 2 saturated carbocycles. The van der Waals surface area contributed by atoms with Crippen LogP contribution in [0.25, 0.3) is 0 Å². The smallest absolute Gasteiger partial charge is 0.394 e. The molecular weight excluding hydrogens is 407 g/mol. The van der Waals surface area contributed by atoms with Gasteiger partial charge >= 0.3 is 13.8 Å². The van der Waals surface area contributed by atoms with E-state index in [2.05, 4.69) is 4.52 Å². The highest BCUT2D eigenvalue weighted by atomic mass is 31.2. The second kappa shape index (κ2) is 15.2. The van der Waals surface area contributed by atoms with Gasteiger partial charge in [-0.2, -0.15) is 0 Å². The lowest BCUT2D eigenvalue weighted by atomic mass is 9.97. The van der Waals surface area contributed by atoms with E-state index in [1.165, 1.54) is 64.2 Å². The van der Waals surface area contributed by atoms with Crippen molar-refractivity contribution in [3.8, 4) is 0 Å². The zero-order chi connectivity index (χ0) is 22.4. The van der Waals surface area contributed by atoms with Gasteiger partial charge in [0.25, 0.3) is 0 Å². The van der Waals surface area contributed by atoms with Gasteiger partial charge in [0.15, 0.2) is 6.10 Å². The highest BCUT2D eigenvalue weighted by Gasteiger charge is 2.34. The third-order valence-corrected chi connectivity index (χ3v) is 5.07. The van der Waals surface area contributed by atoms with Gasteiger partial charge in [0.2, 0.25) is 0 Å². The van der Waals surface area contributed by atoms with Crippen LogP contribution in [0.3, 0.4) is 0 Å². The topological polar surface area (TPSA) is 217 Å². The normalized spacial score (nSPS) is 21.5. The minimum absolute atomic E-state index is 0.536. The van der Waals surface area contributed by atoms with Gasteiger partial charge in [-0.1, -0.05) is 38.5 Å². The Kier molecular flexibility index (Phi) is 14.9. The van der Waals surface area contributed by atoms with Crippen LogP contribution >= 0.6 is 7.82 Å². The third-order valence-electron chi connectivity index (χ3n) is 4.65. The summed E-state index contributed by atoms with van der Waals surface area (Å²) in [5, 5.41) is 35.0. The second-order valence-electron chi connectivity index (χ2n) is 7.38. The molecule has 0 heterocycles. The number of hydrogen-bond acceptors (Lipinski definition) is 9. The molecule has 29 heavy (non-hydrogen) atoms. The summed E-state index contributed by atoms with van der Waals surface area (Å²) in [6.07, 6.45) is 7.03. The number of hydrogen-bond donors (Lipinski definition) is 8. The van der Waals surface area contributed by atoms with Gasteiger partial charge in [-0.15, -0.1) is 0 Å². The standard InChI is InChI=1S/2C6H13N.C5H11O9P/c2*7-6-4-2-1-3-5-6;6-1-2(7)3(8)4(9)5(10)14-15(11,12)13/h2*6H,1-5,7H2;2-4,6-9H,1H2,(H2,11,12,13)/t;;2-,3+,4-/m..1/s1. The SMILES string of the molecule is NC1CCCCC1.NC1CCCCC1.O=C(OP(=O)(O)O)[C@H](O)[C@@H](O)[C@H](O)CO. The molecule has 3 atom stereocenters. The lowest BCUT2D eigenvalue weighted by Gasteiger charge is -2.19. The van der Waals surface area contributed by atoms with E-state index < -0.39 is 38.7 Å². The summed E-state index contributed by atoms with van der Waals surface area (Å²) in [6, 6.07) is 1.07. The zero-order valence-corrected chi connectivity index (χ0v) is 17.6. The predicted molar refractivity (Wildman–Crippen MR) is 105 cm³/mol. The van der Waals surface area contributed by atoms with Crippen LogP contribution in [0.4, 0.5) is 0 Å². The van der Waals surface area contributed by atoms with Crippen molar-refractivity contribution in [2.75, 3.05) is 6.61 Å². The first kappa shape index (κ1) is 28.4. The molecule has 174 valence electrons. The summed E-state index contributed by atoms with van der Waals surface area (Å²) in [5.41, 5.74) is 11.3. The minimum Gasteiger partial charge on any atom is -0.394 e. The minimum atomic E-state index is -5.12. The number of carbonyl (C=O) groups is 1. The maximum absolute atomic E-state index is 10.7. The van der Waals surface area contributed by atoms with Crippen molar-refractivity contribution in [2.45, 2.75) is 94.6 Å². The molecule has 0 amide bonds. The highest BCUT2D eigenvalue weighted by Crippen LogP contribution is 2.36. The number of aliphatic hydroxyl groups excluding tert-OH is 4. The number of aliphatic hydroxyl groups is 4. The van der Waals surface area contributed by atoms with E-state index in [9.17, 15) is 9.36 Å². The van der Waals surface area contributed by atoms with E-state index in [0.717, 1.165) is 0 Å². The molecule has 10 N–H and O–H groups in total. The van der Waals surface area contributed by atoms with Crippen molar-refractivity contribution < 1.29 is 44.1 Å². The Balaban J connectivity index is 0.000000458. The molecule has 2 aliphatic carbocycles. The van der Waals surface area contributed by atoms with Gasteiger partial charge in [-0.3, -0.25) is 9.79 Å². The van der Waals surface area contributed by atoms with E-state index in [0.29, 0.717) is 12.1 Å². The summed E-state index contributed by atoms with van der Waals surface area (Å²) in [4.78, 5) is 27.1. The summed E-state index contributed by atoms with van der Waals surface area (Å²) < 4.78 is 13.6. The van der Waals surface area contributed by atoms with E-state index >= 15 is 0 Å². The van der Waals surface area contributed by atoms with Crippen molar-refractivity contribution in [1.29, 1.82) is 0 Å². The quantitative estimate of drug-likeness (QED) is 0.247. The Morgan fingerprint density at radius 2 is 1.28 bits per heavy atom. The van der Waals surface area contributed by atoms with Crippen LogP contribution in [0.2, 0.25) is 0 Å². The van der Waals surface area contributed by atoms with Crippen LogP contribution in [0, 0.1) is 0 Å². The summed E-state index contributed by atoms with van der Waals surface area (Å²) in [5.74, 6) is -1.80. The van der Waals surface area contributed by atoms with Crippen LogP contribution in [-0.2, 0) is 13.9 Å². The maximum atomic E-state index is 10.7. The van der Waals surface area contributed by atoms with Crippen molar-refractivity contribution in [2.24, 2.45) is 11.5 Å². The number of phosphoric acid groups is 1. The maximum Gasteiger partial charge on any atom is 0.527 e. The number of carbonyl (C=O) groups excluding carboxylic acids is 1. The third kappa shape index (κ3) is 14.9. The molecular formula is C17H37N2O9P. The monoisotopic (exact) mass is 444 g/mol. The molecule has 11 nitrogen and oxygen atoms in total. The van der Waals surface area contributed by atoms with Crippen molar-refractivity contribution >= 4 is 13.8 Å². The van der Waals surface area contributed by atoms with E-state index in [-0.39, 0.29) is 0 Å². The summed E-state index contributed by atoms with van der Waals surface area (Å²) >= 11 is 0. The van der Waals surface area contributed by atoms with Crippen molar-refractivity contribution in [1.82, 2.24) is 0 Å². The van der Waals surface area contributed by atoms with E-state index in [1.807, 2.05) is 0 Å². The van der Waals surface area contributed by atoms with Gasteiger partial charge in [-0.25, -0.2) is 9.36 Å². The molecule has 2 rings (SSSR count). The predicted octanol–water partition coefficient (Wildman–Crippen LogP) is -0.747. The van der Waals surface area contributed by atoms with Crippen molar-refractivity contribution in [3.05, 3.63) is 0 Å². The van der Waals surface area contributed by atoms with Crippen LogP contribution < -0.4 is 11.5 Å². The summed E-state index contributed by atoms with van der Waals surface area (Å²) in [7, 11) is -5.12. The van der Waals surface area contributed by atoms with E-state index in [4.69, 9.17) is 41.7 Å². The number of nitrogens with two attached hydrogens (primary N) is 2. The molecule has 2 fully saturated rings. The highest BCUT2D eigenvalue weighted by molar-refractivity contribution is 7.46. The van der Waals surface area contributed by atoms with E-state index in [1.54, 1.807) is 0 Å². The molecule has 0 bridgehead atoms. The van der Waals surface area contributed by atoms with Crippen molar-refractivity contribution in [3.63, 3.8) is 0 Å². The lowest BCUT2D eigenvalue weighted by molar-refractivity contribution is -0.157. The number of rotatable bonds is 5. The lowest BCUT2D eigenvalue weighted by Crippen LogP contribution is -2.44. The molecule has 0 spiro atoms. The largest absolute Gasteiger partial charge is 0.527 e. The molecule has 0 unspecified atom stereocenters. The van der Waals surface area contributed by atoms with Gasteiger partial charge in [0.1, 0.15) is 12.2 Å². The molecule has 0 aliphatic heterocycles. The Morgan fingerprint density at radius 3 is 1.52 bits per heavy atom. The summed E-state index contributed by atoms with van der Waals surface area (Å²) in [6.45, 7) is -0.943.